The molecule has 0 bridgehead atoms. The van der Waals surface area contributed by atoms with Crippen LogP contribution in [-0.2, 0) is 10.2 Å². The quantitative estimate of drug-likeness (QED) is 0.877. The highest BCUT2D eigenvalue weighted by atomic mass is 79.9. The SMILES string of the molecule is CC(C)(c1ncccc1Br)C(O)C(=O)O. The van der Waals surface area contributed by atoms with Gasteiger partial charge in [-0.25, -0.2) is 4.79 Å². The number of aromatic nitrogens is 1. The average molecular weight is 274 g/mol. The van der Waals surface area contributed by atoms with E-state index in [4.69, 9.17) is 5.11 Å². The fraction of sp³-hybridized carbons (Fsp3) is 0.400. The maximum atomic E-state index is 10.7. The van der Waals surface area contributed by atoms with Gasteiger partial charge in [0.15, 0.2) is 6.10 Å². The molecule has 15 heavy (non-hydrogen) atoms. The van der Waals surface area contributed by atoms with Crippen LogP contribution in [-0.4, -0.2) is 27.3 Å². The first kappa shape index (κ1) is 12.1. The topological polar surface area (TPSA) is 70.4 Å². The van der Waals surface area contributed by atoms with Crippen LogP contribution in [0.15, 0.2) is 22.8 Å². The summed E-state index contributed by atoms with van der Waals surface area (Å²) in [5, 5.41) is 18.3. The van der Waals surface area contributed by atoms with Gasteiger partial charge in [-0.15, -0.1) is 0 Å². The Morgan fingerprint density at radius 2 is 2.20 bits per heavy atom. The summed E-state index contributed by atoms with van der Waals surface area (Å²) in [5.74, 6) is -1.25. The summed E-state index contributed by atoms with van der Waals surface area (Å²) in [5.41, 5.74) is -0.411. The zero-order chi connectivity index (χ0) is 11.6. The molecular weight excluding hydrogens is 262 g/mol. The maximum Gasteiger partial charge on any atom is 0.333 e. The van der Waals surface area contributed by atoms with E-state index in [0.29, 0.717) is 10.2 Å². The lowest BCUT2D eigenvalue weighted by Crippen LogP contribution is -2.40. The minimum absolute atomic E-state index is 0.528. The first-order valence-corrected chi connectivity index (χ1v) is 5.18. The van der Waals surface area contributed by atoms with Gasteiger partial charge in [0.05, 0.1) is 5.69 Å². The third kappa shape index (κ3) is 2.35. The van der Waals surface area contributed by atoms with Crippen molar-refractivity contribution in [3.05, 3.63) is 28.5 Å². The average Bonchev–Trinajstić information content (AvgIpc) is 2.16. The van der Waals surface area contributed by atoms with Crippen LogP contribution in [0.2, 0.25) is 0 Å². The van der Waals surface area contributed by atoms with Gasteiger partial charge in [0.2, 0.25) is 0 Å². The van der Waals surface area contributed by atoms with E-state index in [-0.39, 0.29) is 0 Å². The van der Waals surface area contributed by atoms with Crippen LogP contribution >= 0.6 is 15.9 Å². The molecule has 0 aliphatic rings. The monoisotopic (exact) mass is 273 g/mol. The molecule has 0 aliphatic heterocycles. The fourth-order valence-corrected chi connectivity index (χ4v) is 2.06. The molecule has 2 N–H and O–H groups in total. The lowest BCUT2D eigenvalue weighted by atomic mass is 9.82. The molecule has 1 aromatic rings. The second kappa shape index (κ2) is 4.28. The van der Waals surface area contributed by atoms with Gasteiger partial charge in [-0.05, 0) is 28.1 Å². The first-order chi connectivity index (χ1) is 6.87. The highest BCUT2D eigenvalue weighted by Gasteiger charge is 2.37. The highest BCUT2D eigenvalue weighted by Crippen LogP contribution is 2.31. The summed E-state index contributed by atoms with van der Waals surface area (Å²) in [6, 6.07) is 3.50. The number of hydrogen-bond donors (Lipinski definition) is 2. The Bertz CT molecular complexity index is 379. The van der Waals surface area contributed by atoms with Gasteiger partial charge in [0, 0.05) is 16.1 Å². The normalized spacial score (nSPS) is 13.6. The summed E-state index contributed by atoms with van der Waals surface area (Å²) in [6.07, 6.45) is 0.0832. The zero-order valence-electron chi connectivity index (χ0n) is 8.44. The summed E-state index contributed by atoms with van der Waals surface area (Å²) in [4.78, 5) is 14.8. The number of nitrogens with zero attached hydrogens (tertiary/aromatic N) is 1. The van der Waals surface area contributed by atoms with Gasteiger partial charge < -0.3 is 10.2 Å². The molecule has 0 radical (unpaired) electrons. The van der Waals surface area contributed by atoms with E-state index in [9.17, 15) is 9.90 Å². The lowest BCUT2D eigenvalue weighted by molar-refractivity contribution is -0.150. The van der Waals surface area contributed by atoms with Crippen molar-refractivity contribution in [2.45, 2.75) is 25.4 Å². The number of carboxylic acid groups (broad SMARTS) is 1. The van der Waals surface area contributed by atoms with Crippen LogP contribution in [0.1, 0.15) is 19.5 Å². The maximum absolute atomic E-state index is 10.7. The molecule has 1 rings (SSSR count). The molecule has 82 valence electrons. The molecule has 5 heteroatoms. The van der Waals surface area contributed by atoms with E-state index in [2.05, 4.69) is 20.9 Å². The molecule has 0 amide bonds. The summed E-state index contributed by atoms with van der Waals surface area (Å²) in [7, 11) is 0. The van der Waals surface area contributed by atoms with Gasteiger partial charge in [-0.2, -0.15) is 0 Å². The minimum Gasteiger partial charge on any atom is -0.479 e. The molecular formula is C10H12BrNO3. The molecule has 0 aliphatic carbocycles. The Morgan fingerprint density at radius 1 is 1.60 bits per heavy atom. The Kier molecular flexibility index (Phi) is 3.46. The number of pyridine rings is 1. The predicted octanol–water partition coefficient (Wildman–Crippen LogP) is 1.57. The molecule has 1 unspecified atom stereocenters. The number of halogens is 1. The molecule has 0 saturated carbocycles. The number of carboxylic acids is 1. The number of hydrogen-bond acceptors (Lipinski definition) is 3. The molecule has 0 fully saturated rings. The molecule has 4 nitrogen and oxygen atoms in total. The Hall–Kier alpha value is -0.940. The van der Waals surface area contributed by atoms with E-state index >= 15 is 0 Å². The van der Waals surface area contributed by atoms with Gasteiger partial charge in [0.1, 0.15) is 0 Å². The van der Waals surface area contributed by atoms with Gasteiger partial charge in [-0.3, -0.25) is 4.98 Å². The van der Waals surface area contributed by atoms with Crippen molar-refractivity contribution >= 4 is 21.9 Å². The number of carbonyl (C=O) groups is 1. The van der Waals surface area contributed by atoms with E-state index in [1.54, 1.807) is 32.2 Å². The summed E-state index contributed by atoms with van der Waals surface area (Å²) >= 11 is 3.28. The number of aliphatic hydroxyl groups is 1. The second-order valence-corrected chi connectivity index (χ2v) is 4.65. The van der Waals surface area contributed by atoms with Crippen molar-refractivity contribution in [3.8, 4) is 0 Å². The molecule has 1 aromatic heterocycles. The van der Waals surface area contributed by atoms with Gasteiger partial charge in [-0.1, -0.05) is 13.8 Å². The number of aliphatic hydroxyl groups excluding tert-OH is 1. The van der Waals surface area contributed by atoms with Crippen LogP contribution in [0.25, 0.3) is 0 Å². The fourth-order valence-electron chi connectivity index (χ4n) is 1.30. The van der Waals surface area contributed by atoms with Crippen LogP contribution < -0.4 is 0 Å². The zero-order valence-corrected chi connectivity index (χ0v) is 10.0. The Balaban J connectivity index is 3.16. The number of rotatable bonds is 3. The van der Waals surface area contributed by atoms with Crippen molar-refractivity contribution in [1.82, 2.24) is 4.98 Å². The molecule has 1 atom stereocenters. The van der Waals surface area contributed by atoms with Crippen molar-refractivity contribution in [3.63, 3.8) is 0 Å². The highest BCUT2D eigenvalue weighted by molar-refractivity contribution is 9.10. The predicted molar refractivity (Wildman–Crippen MR) is 58.6 cm³/mol. The third-order valence-electron chi connectivity index (χ3n) is 2.29. The van der Waals surface area contributed by atoms with Crippen molar-refractivity contribution in [2.75, 3.05) is 0 Å². The summed E-state index contributed by atoms with van der Waals surface area (Å²) < 4.78 is 0.690. The third-order valence-corrected chi connectivity index (χ3v) is 2.93. The van der Waals surface area contributed by atoms with Crippen LogP contribution in [0.5, 0.6) is 0 Å². The standard InChI is InChI=1S/C10H12BrNO3/c1-10(2,8(13)9(14)15)7-6(11)4-3-5-12-7/h3-5,8,13H,1-2H3,(H,14,15). The van der Waals surface area contributed by atoms with Crippen molar-refractivity contribution < 1.29 is 15.0 Å². The van der Waals surface area contributed by atoms with E-state index in [1.807, 2.05) is 0 Å². The van der Waals surface area contributed by atoms with Crippen molar-refractivity contribution in [2.24, 2.45) is 0 Å². The van der Waals surface area contributed by atoms with Gasteiger partial charge >= 0.3 is 5.97 Å². The molecule has 0 spiro atoms. The Morgan fingerprint density at radius 3 is 2.67 bits per heavy atom. The van der Waals surface area contributed by atoms with E-state index < -0.39 is 17.5 Å². The summed E-state index contributed by atoms with van der Waals surface area (Å²) in [6.45, 7) is 3.28. The van der Waals surface area contributed by atoms with Crippen molar-refractivity contribution in [1.29, 1.82) is 0 Å². The molecule has 1 heterocycles. The Labute approximate surface area is 96.1 Å². The van der Waals surface area contributed by atoms with E-state index in [1.165, 1.54) is 0 Å². The largest absolute Gasteiger partial charge is 0.479 e. The van der Waals surface area contributed by atoms with Crippen LogP contribution in [0, 0.1) is 0 Å². The molecule has 0 saturated heterocycles. The second-order valence-electron chi connectivity index (χ2n) is 3.80. The van der Waals surface area contributed by atoms with Crippen LogP contribution in [0.3, 0.4) is 0 Å². The number of aliphatic carboxylic acids is 1. The van der Waals surface area contributed by atoms with Crippen LogP contribution in [0.4, 0.5) is 0 Å². The minimum atomic E-state index is -1.48. The smallest absolute Gasteiger partial charge is 0.333 e. The first-order valence-electron chi connectivity index (χ1n) is 4.39. The van der Waals surface area contributed by atoms with Gasteiger partial charge in [0.25, 0.3) is 0 Å². The lowest BCUT2D eigenvalue weighted by Gasteiger charge is -2.27. The molecule has 0 aromatic carbocycles. The van der Waals surface area contributed by atoms with E-state index in [0.717, 1.165) is 0 Å².